The Kier molecular flexibility index (Phi) is 5.76. The van der Waals surface area contributed by atoms with E-state index in [4.69, 9.17) is 9.84 Å². The van der Waals surface area contributed by atoms with E-state index in [1.165, 1.54) is 17.7 Å². The van der Waals surface area contributed by atoms with Gasteiger partial charge in [0.1, 0.15) is 0 Å². The first-order valence-corrected chi connectivity index (χ1v) is 5.88. The molecule has 1 aliphatic rings. The molecular weight excluding hydrogens is 224 g/mol. The highest BCUT2D eigenvalue weighted by molar-refractivity contribution is 5.74. The molecule has 1 rings (SSSR count). The lowest BCUT2D eigenvalue weighted by molar-refractivity contribution is -0.136. The molecule has 0 aliphatic heterocycles. The number of amides is 2. The first kappa shape index (κ1) is 13.8. The van der Waals surface area contributed by atoms with Gasteiger partial charge in [0.25, 0.3) is 0 Å². The molecule has 0 heterocycles. The van der Waals surface area contributed by atoms with Gasteiger partial charge in [0.15, 0.2) is 0 Å². The molecule has 1 aliphatic carbocycles. The molecule has 2 N–H and O–H groups in total. The third-order valence-corrected chi connectivity index (χ3v) is 2.58. The number of hydrogen-bond acceptors (Lipinski definition) is 3. The Bertz CT molecular complexity index is 266. The predicted octanol–water partition coefficient (Wildman–Crippen LogP) is 0.529. The predicted molar refractivity (Wildman–Crippen MR) is 61.8 cm³/mol. The minimum absolute atomic E-state index is 0.0578. The number of urea groups is 1. The fourth-order valence-corrected chi connectivity index (χ4v) is 1.25. The smallest absolute Gasteiger partial charge is 0.317 e. The quantitative estimate of drug-likeness (QED) is 0.610. The largest absolute Gasteiger partial charge is 0.481 e. The molecule has 0 atom stereocenters. The van der Waals surface area contributed by atoms with Gasteiger partial charge in [0.05, 0.1) is 13.0 Å². The second-order valence-electron chi connectivity index (χ2n) is 4.32. The zero-order valence-electron chi connectivity index (χ0n) is 10.1. The molecule has 0 aromatic rings. The number of likely N-dealkylation sites (N-methyl/N-ethyl adjacent to an activating group) is 1. The van der Waals surface area contributed by atoms with Gasteiger partial charge < -0.3 is 20.1 Å². The first-order valence-electron chi connectivity index (χ1n) is 5.88. The summed E-state index contributed by atoms with van der Waals surface area (Å²) >= 11 is 0. The van der Waals surface area contributed by atoms with E-state index in [2.05, 4.69) is 5.32 Å². The van der Waals surface area contributed by atoms with Crippen molar-refractivity contribution < 1.29 is 19.4 Å². The second-order valence-corrected chi connectivity index (χ2v) is 4.32. The summed E-state index contributed by atoms with van der Waals surface area (Å²) in [6.07, 6.45) is 2.45. The monoisotopic (exact) mass is 244 g/mol. The molecule has 17 heavy (non-hydrogen) atoms. The van der Waals surface area contributed by atoms with Crippen LogP contribution >= 0.6 is 0 Å². The summed E-state index contributed by atoms with van der Waals surface area (Å²) in [5, 5.41) is 10.9. The molecule has 98 valence electrons. The first-order chi connectivity index (χ1) is 8.09. The number of hydrogen-bond donors (Lipinski definition) is 2. The van der Waals surface area contributed by atoms with Crippen LogP contribution in [0, 0.1) is 5.92 Å². The maximum atomic E-state index is 11.4. The van der Waals surface area contributed by atoms with Crippen molar-refractivity contribution >= 4 is 12.0 Å². The SMILES string of the molecule is CN(CCOCC1CC1)C(=O)NCCC(=O)O. The van der Waals surface area contributed by atoms with Crippen molar-refractivity contribution in [3.63, 3.8) is 0 Å². The maximum Gasteiger partial charge on any atom is 0.317 e. The molecule has 6 heteroatoms. The third kappa shape index (κ3) is 6.78. The van der Waals surface area contributed by atoms with Crippen molar-refractivity contribution in [3.05, 3.63) is 0 Å². The van der Waals surface area contributed by atoms with E-state index < -0.39 is 5.97 Å². The fourth-order valence-electron chi connectivity index (χ4n) is 1.25. The van der Waals surface area contributed by atoms with Crippen LogP contribution in [-0.4, -0.2) is 55.4 Å². The van der Waals surface area contributed by atoms with Crippen LogP contribution in [0.3, 0.4) is 0 Å². The fraction of sp³-hybridized carbons (Fsp3) is 0.818. The lowest BCUT2D eigenvalue weighted by Gasteiger charge is -2.17. The Labute approximate surface area is 101 Å². The number of carboxylic acids is 1. The highest BCUT2D eigenvalue weighted by Crippen LogP contribution is 2.28. The number of nitrogens with zero attached hydrogens (tertiary/aromatic N) is 1. The minimum atomic E-state index is -0.916. The van der Waals surface area contributed by atoms with E-state index in [1.54, 1.807) is 7.05 Å². The average molecular weight is 244 g/mol. The van der Waals surface area contributed by atoms with E-state index in [9.17, 15) is 9.59 Å². The van der Waals surface area contributed by atoms with Crippen LogP contribution < -0.4 is 5.32 Å². The summed E-state index contributed by atoms with van der Waals surface area (Å²) in [6, 6.07) is -0.263. The number of carbonyl (C=O) groups excluding carboxylic acids is 1. The van der Waals surface area contributed by atoms with E-state index >= 15 is 0 Å². The molecule has 0 unspecified atom stereocenters. The zero-order chi connectivity index (χ0) is 12.7. The van der Waals surface area contributed by atoms with E-state index in [0.29, 0.717) is 13.2 Å². The van der Waals surface area contributed by atoms with Crippen molar-refractivity contribution in [1.29, 1.82) is 0 Å². The number of carbonyl (C=O) groups is 2. The molecular formula is C11H20N2O4. The number of aliphatic carboxylic acids is 1. The molecule has 0 radical (unpaired) electrons. The maximum absolute atomic E-state index is 11.4. The number of nitrogens with one attached hydrogen (secondary N) is 1. The van der Waals surface area contributed by atoms with E-state index in [0.717, 1.165) is 12.5 Å². The van der Waals surface area contributed by atoms with Gasteiger partial charge >= 0.3 is 12.0 Å². The summed E-state index contributed by atoms with van der Waals surface area (Å²) in [7, 11) is 1.66. The average Bonchev–Trinajstić information content (AvgIpc) is 3.07. The van der Waals surface area contributed by atoms with Crippen LogP contribution in [0.15, 0.2) is 0 Å². The van der Waals surface area contributed by atoms with Gasteiger partial charge in [-0.1, -0.05) is 0 Å². The molecule has 1 saturated carbocycles. The molecule has 0 aromatic heterocycles. The lowest BCUT2D eigenvalue weighted by atomic mass is 10.4. The topological polar surface area (TPSA) is 78.9 Å². The Morgan fingerprint density at radius 3 is 2.76 bits per heavy atom. The van der Waals surface area contributed by atoms with Crippen molar-refractivity contribution in [2.75, 3.05) is 33.4 Å². The van der Waals surface area contributed by atoms with Gasteiger partial charge in [-0.15, -0.1) is 0 Å². The van der Waals surface area contributed by atoms with Gasteiger partial charge in [-0.25, -0.2) is 4.79 Å². The van der Waals surface area contributed by atoms with Crippen LogP contribution in [0.5, 0.6) is 0 Å². The van der Waals surface area contributed by atoms with Crippen molar-refractivity contribution in [2.24, 2.45) is 5.92 Å². The number of rotatable bonds is 8. The standard InChI is InChI=1S/C11H20N2O4/c1-13(6-7-17-8-9-2-3-9)11(16)12-5-4-10(14)15/h9H,2-8H2,1H3,(H,12,16)(H,14,15). The lowest BCUT2D eigenvalue weighted by Crippen LogP contribution is -2.39. The highest BCUT2D eigenvalue weighted by atomic mass is 16.5. The van der Waals surface area contributed by atoms with Crippen LogP contribution in [0.1, 0.15) is 19.3 Å². The normalized spacial score (nSPS) is 14.4. The van der Waals surface area contributed by atoms with E-state index in [-0.39, 0.29) is 19.0 Å². The Hall–Kier alpha value is -1.30. The van der Waals surface area contributed by atoms with Gasteiger partial charge in [-0.05, 0) is 18.8 Å². The van der Waals surface area contributed by atoms with Crippen molar-refractivity contribution in [3.8, 4) is 0 Å². The van der Waals surface area contributed by atoms with Crippen LogP contribution in [0.4, 0.5) is 4.79 Å². The summed E-state index contributed by atoms with van der Waals surface area (Å²) < 4.78 is 5.41. The Morgan fingerprint density at radius 1 is 1.47 bits per heavy atom. The molecule has 0 aromatic carbocycles. The molecule has 2 amide bonds. The Morgan fingerprint density at radius 2 is 2.18 bits per heavy atom. The summed E-state index contributed by atoms with van der Waals surface area (Å²) in [5.74, 6) is -0.189. The number of ether oxygens (including phenoxy) is 1. The van der Waals surface area contributed by atoms with Crippen molar-refractivity contribution in [1.82, 2.24) is 10.2 Å². The minimum Gasteiger partial charge on any atom is -0.481 e. The Balaban J connectivity index is 1.98. The zero-order valence-corrected chi connectivity index (χ0v) is 10.1. The van der Waals surface area contributed by atoms with Gasteiger partial charge in [-0.3, -0.25) is 4.79 Å². The van der Waals surface area contributed by atoms with Crippen molar-refractivity contribution in [2.45, 2.75) is 19.3 Å². The molecule has 1 fully saturated rings. The molecule has 6 nitrogen and oxygen atoms in total. The summed E-state index contributed by atoms with van der Waals surface area (Å²) in [4.78, 5) is 23.2. The van der Waals surface area contributed by atoms with Gasteiger partial charge in [-0.2, -0.15) is 0 Å². The van der Waals surface area contributed by atoms with E-state index in [1.807, 2.05) is 0 Å². The van der Waals surface area contributed by atoms with Gasteiger partial charge in [0.2, 0.25) is 0 Å². The highest BCUT2D eigenvalue weighted by Gasteiger charge is 2.21. The van der Waals surface area contributed by atoms with Crippen LogP contribution in [-0.2, 0) is 9.53 Å². The van der Waals surface area contributed by atoms with Crippen LogP contribution in [0.25, 0.3) is 0 Å². The van der Waals surface area contributed by atoms with Crippen LogP contribution in [0.2, 0.25) is 0 Å². The second kappa shape index (κ2) is 7.11. The van der Waals surface area contributed by atoms with Gasteiger partial charge in [0, 0.05) is 26.7 Å². The molecule has 0 bridgehead atoms. The molecule has 0 spiro atoms. The number of carboxylic acid groups (broad SMARTS) is 1. The third-order valence-electron chi connectivity index (χ3n) is 2.58. The summed E-state index contributed by atoms with van der Waals surface area (Å²) in [5.41, 5.74) is 0. The summed E-state index contributed by atoms with van der Waals surface area (Å²) in [6.45, 7) is 1.99. The molecule has 0 saturated heterocycles.